The molecule has 16 heavy (non-hydrogen) atoms. The van der Waals surface area contributed by atoms with Crippen LogP contribution in [0.3, 0.4) is 0 Å². The maximum Gasteiger partial charge on any atom is 0.00796 e. The first-order chi connectivity index (χ1) is 7.62. The summed E-state index contributed by atoms with van der Waals surface area (Å²) < 4.78 is 0. The van der Waals surface area contributed by atoms with Gasteiger partial charge in [0.1, 0.15) is 0 Å². The summed E-state index contributed by atoms with van der Waals surface area (Å²) in [5.74, 6) is 0.827. The van der Waals surface area contributed by atoms with Crippen molar-refractivity contribution < 1.29 is 0 Å². The number of hydrogen-bond acceptors (Lipinski definition) is 2. The van der Waals surface area contributed by atoms with Gasteiger partial charge in [-0.25, -0.2) is 0 Å². The highest BCUT2D eigenvalue weighted by molar-refractivity contribution is 7.07. The van der Waals surface area contributed by atoms with Gasteiger partial charge in [-0.15, -0.1) is 0 Å². The van der Waals surface area contributed by atoms with Crippen molar-refractivity contribution in [2.24, 2.45) is 11.3 Å². The summed E-state index contributed by atoms with van der Waals surface area (Å²) >= 11 is 1.79. The third kappa shape index (κ3) is 2.86. The van der Waals surface area contributed by atoms with Crippen LogP contribution in [0.5, 0.6) is 0 Å². The average Bonchev–Trinajstić information content (AvgIpc) is 2.88. The molecule has 0 saturated heterocycles. The highest BCUT2D eigenvalue weighted by atomic mass is 32.1. The predicted octanol–water partition coefficient (Wildman–Crippen LogP) is 3.70. The summed E-state index contributed by atoms with van der Waals surface area (Å²) in [6.45, 7) is 8.22. The van der Waals surface area contributed by atoms with Gasteiger partial charge >= 0.3 is 0 Å². The second-order valence-corrected chi connectivity index (χ2v) is 6.41. The van der Waals surface area contributed by atoms with E-state index in [4.69, 9.17) is 0 Å². The molecule has 0 bridgehead atoms. The quantitative estimate of drug-likeness (QED) is 0.795. The fraction of sp³-hybridized carbons (Fsp3) is 0.714. The Labute approximate surface area is 103 Å². The van der Waals surface area contributed by atoms with E-state index < -0.39 is 0 Å². The molecule has 90 valence electrons. The van der Waals surface area contributed by atoms with Gasteiger partial charge < -0.3 is 5.32 Å². The average molecular weight is 237 g/mol. The first-order valence-corrected chi connectivity index (χ1v) is 7.31. The number of rotatable bonds is 6. The summed E-state index contributed by atoms with van der Waals surface area (Å²) in [4.78, 5) is 0. The maximum absolute atomic E-state index is 3.71. The molecule has 1 heterocycles. The minimum Gasteiger partial charge on any atom is -0.313 e. The molecule has 1 fully saturated rings. The Balaban J connectivity index is 1.74. The molecule has 1 aromatic heterocycles. The van der Waals surface area contributed by atoms with E-state index in [0.29, 0.717) is 11.5 Å². The normalized spacial score (nSPS) is 20.0. The molecule has 1 N–H and O–H groups in total. The molecule has 1 atom stereocenters. The Hall–Kier alpha value is -0.340. The molecule has 0 aliphatic heterocycles. The lowest BCUT2D eigenvalue weighted by atomic mass is 9.92. The standard InChI is InChI=1S/C14H23NS/c1-11(2)14(5-6-14)10-15-12(3)8-13-4-7-16-9-13/h4,7,9,11-12,15H,5-6,8,10H2,1-3H3. The van der Waals surface area contributed by atoms with Crippen molar-refractivity contribution in [2.75, 3.05) is 6.54 Å². The van der Waals surface area contributed by atoms with Gasteiger partial charge in [0.15, 0.2) is 0 Å². The van der Waals surface area contributed by atoms with E-state index in [9.17, 15) is 0 Å². The van der Waals surface area contributed by atoms with Gasteiger partial charge in [-0.3, -0.25) is 0 Å². The van der Waals surface area contributed by atoms with Crippen molar-refractivity contribution in [1.82, 2.24) is 5.32 Å². The lowest BCUT2D eigenvalue weighted by molar-refractivity contribution is 0.323. The third-order valence-electron chi connectivity index (χ3n) is 4.04. The molecule has 1 unspecified atom stereocenters. The Morgan fingerprint density at radius 3 is 2.62 bits per heavy atom. The van der Waals surface area contributed by atoms with Crippen molar-refractivity contribution in [1.29, 1.82) is 0 Å². The van der Waals surface area contributed by atoms with Crippen LogP contribution in [0.2, 0.25) is 0 Å². The molecular formula is C14H23NS. The van der Waals surface area contributed by atoms with Gasteiger partial charge in [0.25, 0.3) is 0 Å². The van der Waals surface area contributed by atoms with Crippen LogP contribution < -0.4 is 5.32 Å². The molecule has 1 aromatic rings. The minimum atomic E-state index is 0.603. The Kier molecular flexibility index (Phi) is 3.70. The topological polar surface area (TPSA) is 12.0 Å². The second kappa shape index (κ2) is 4.89. The first-order valence-electron chi connectivity index (χ1n) is 6.37. The molecule has 1 aliphatic carbocycles. The highest BCUT2D eigenvalue weighted by Crippen LogP contribution is 2.51. The van der Waals surface area contributed by atoms with Gasteiger partial charge in [0, 0.05) is 12.6 Å². The lowest BCUT2D eigenvalue weighted by Crippen LogP contribution is -2.35. The van der Waals surface area contributed by atoms with Crippen molar-refractivity contribution in [3.8, 4) is 0 Å². The zero-order valence-corrected chi connectivity index (χ0v) is 11.4. The van der Waals surface area contributed by atoms with E-state index in [2.05, 4.69) is 42.9 Å². The molecular weight excluding hydrogens is 214 g/mol. The third-order valence-corrected chi connectivity index (χ3v) is 4.77. The van der Waals surface area contributed by atoms with Crippen LogP contribution in [0.15, 0.2) is 16.8 Å². The first kappa shape index (κ1) is 12.1. The Morgan fingerprint density at radius 1 is 1.38 bits per heavy atom. The summed E-state index contributed by atoms with van der Waals surface area (Å²) in [6, 6.07) is 2.84. The molecule has 0 spiro atoms. The van der Waals surface area contributed by atoms with E-state index in [1.165, 1.54) is 24.9 Å². The van der Waals surface area contributed by atoms with E-state index >= 15 is 0 Å². The van der Waals surface area contributed by atoms with Crippen molar-refractivity contribution in [3.05, 3.63) is 22.4 Å². The smallest absolute Gasteiger partial charge is 0.00796 e. The lowest BCUT2D eigenvalue weighted by Gasteiger charge is -2.23. The van der Waals surface area contributed by atoms with Gasteiger partial charge in [-0.2, -0.15) is 11.3 Å². The SMILES string of the molecule is CC(Cc1ccsc1)NCC1(C(C)C)CC1. The number of hydrogen-bond donors (Lipinski definition) is 1. The van der Waals surface area contributed by atoms with E-state index in [0.717, 1.165) is 12.3 Å². The molecule has 0 aromatic carbocycles. The molecule has 1 nitrogen and oxygen atoms in total. The Bertz CT molecular complexity index is 311. The molecule has 1 saturated carbocycles. The summed E-state index contributed by atoms with van der Waals surface area (Å²) in [5.41, 5.74) is 2.10. The zero-order valence-electron chi connectivity index (χ0n) is 10.6. The largest absolute Gasteiger partial charge is 0.313 e. The second-order valence-electron chi connectivity index (χ2n) is 5.63. The van der Waals surface area contributed by atoms with E-state index in [-0.39, 0.29) is 0 Å². The zero-order chi connectivity index (χ0) is 11.6. The molecule has 0 radical (unpaired) electrons. The predicted molar refractivity (Wildman–Crippen MR) is 72.0 cm³/mol. The number of thiophene rings is 1. The Morgan fingerprint density at radius 2 is 2.12 bits per heavy atom. The van der Waals surface area contributed by atoms with Crippen LogP contribution >= 0.6 is 11.3 Å². The van der Waals surface area contributed by atoms with Crippen LogP contribution in [0.1, 0.15) is 39.2 Å². The van der Waals surface area contributed by atoms with Crippen LogP contribution in [0, 0.1) is 11.3 Å². The fourth-order valence-electron chi connectivity index (χ4n) is 2.33. The van der Waals surface area contributed by atoms with Gasteiger partial charge in [-0.1, -0.05) is 13.8 Å². The van der Waals surface area contributed by atoms with Crippen molar-refractivity contribution in [3.63, 3.8) is 0 Å². The highest BCUT2D eigenvalue weighted by Gasteiger charge is 2.44. The molecule has 2 heteroatoms. The maximum atomic E-state index is 3.71. The van der Waals surface area contributed by atoms with Crippen LogP contribution in [-0.4, -0.2) is 12.6 Å². The van der Waals surface area contributed by atoms with Crippen LogP contribution in [-0.2, 0) is 6.42 Å². The van der Waals surface area contributed by atoms with Gasteiger partial charge in [-0.05, 0) is 59.9 Å². The molecule has 0 amide bonds. The van der Waals surface area contributed by atoms with Crippen LogP contribution in [0.25, 0.3) is 0 Å². The van der Waals surface area contributed by atoms with Gasteiger partial charge in [0.05, 0.1) is 0 Å². The van der Waals surface area contributed by atoms with Crippen molar-refractivity contribution in [2.45, 2.75) is 46.1 Å². The van der Waals surface area contributed by atoms with Gasteiger partial charge in [0.2, 0.25) is 0 Å². The molecule has 1 aliphatic rings. The fourth-order valence-corrected chi connectivity index (χ4v) is 3.01. The summed E-state index contributed by atoms with van der Waals surface area (Å²) in [7, 11) is 0. The van der Waals surface area contributed by atoms with Crippen molar-refractivity contribution >= 4 is 11.3 Å². The molecule has 2 rings (SSSR count). The van der Waals surface area contributed by atoms with Crippen LogP contribution in [0.4, 0.5) is 0 Å². The minimum absolute atomic E-state index is 0.603. The summed E-state index contributed by atoms with van der Waals surface area (Å²) in [6.07, 6.45) is 4.00. The van der Waals surface area contributed by atoms with E-state index in [1.807, 2.05) is 0 Å². The van der Waals surface area contributed by atoms with E-state index in [1.54, 1.807) is 11.3 Å². The number of nitrogens with one attached hydrogen (secondary N) is 1. The monoisotopic (exact) mass is 237 g/mol. The summed E-state index contributed by atoms with van der Waals surface area (Å²) in [5, 5.41) is 8.13.